The van der Waals surface area contributed by atoms with Gasteiger partial charge in [0.25, 0.3) is 0 Å². The Morgan fingerprint density at radius 1 is 0.649 bits per heavy atom. The third kappa shape index (κ3) is 8.02. The summed E-state index contributed by atoms with van der Waals surface area (Å²) in [5, 5.41) is 0. The van der Waals surface area contributed by atoms with E-state index in [4.69, 9.17) is 14.2 Å². The minimum atomic E-state index is -0.0404. The van der Waals surface area contributed by atoms with Gasteiger partial charge in [-0.15, -0.1) is 0 Å². The molecule has 0 aromatic heterocycles. The molecule has 3 aliphatic rings. The number of carbonyl (C=O) groups excluding carboxylic acids is 2. The number of carbonyl (C=O) groups is 2. The van der Waals surface area contributed by atoms with E-state index >= 15 is 0 Å². The van der Waals surface area contributed by atoms with E-state index in [0.29, 0.717) is 31.2 Å². The van der Waals surface area contributed by atoms with Crippen LogP contribution in [0.4, 0.5) is 0 Å². The molecule has 5 heteroatoms. The standard InChI is InChI=1S/2C12H14O2.C8H8O/c2*1-2-14-12(13)11-8-10(11)9-6-4-3-5-7-9;1-2-4-7(5-3-1)8-6-9-8/h2*3-7,10-11H,2,8H2,1H3;1-5,8H,6H2/t10-,11+;10-,11-;/m11./s1. The Bertz CT molecular complexity index is 1040. The summed E-state index contributed by atoms with van der Waals surface area (Å²) in [5.74, 6) is 0.933. The molecule has 2 saturated carbocycles. The van der Waals surface area contributed by atoms with Crippen LogP contribution in [0.5, 0.6) is 0 Å². The second-order valence-electron chi connectivity index (χ2n) is 9.46. The Labute approximate surface area is 219 Å². The van der Waals surface area contributed by atoms with Gasteiger partial charge >= 0.3 is 11.9 Å². The van der Waals surface area contributed by atoms with Gasteiger partial charge < -0.3 is 14.2 Å². The molecule has 1 heterocycles. The molecule has 0 radical (unpaired) electrons. The zero-order valence-corrected chi connectivity index (χ0v) is 21.6. The van der Waals surface area contributed by atoms with Crippen molar-refractivity contribution in [3.63, 3.8) is 0 Å². The van der Waals surface area contributed by atoms with Crippen molar-refractivity contribution in [2.75, 3.05) is 19.8 Å². The molecule has 0 spiro atoms. The third-order valence-electron chi connectivity index (χ3n) is 6.72. The molecule has 1 saturated heterocycles. The van der Waals surface area contributed by atoms with E-state index in [9.17, 15) is 9.59 Å². The summed E-state index contributed by atoms with van der Waals surface area (Å²) in [5.41, 5.74) is 3.81. The second kappa shape index (κ2) is 13.2. The van der Waals surface area contributed by atoms with Crippen molar-refractivity contribution in [3.8, 4) is 0 Å². The predicted molar refractivity (Wildman–Crippen MR) is 143 cm³/mol. The molecule has 5 atom stereocenters. The molecule has 3 aromatic rings. The Hall–Kier alpha value is -3.44. The normalized spacial score (nSPS) is 24.2. The number of rotatable bonds is 7. The van der Waals surface area contributed by atoms with E-state index in [1.54, 1.807) is 0 Å². The number of epoxide rings is 1. The zero-order valence-electron chi connectivity index (χ0n) is 21.6. The first kappa shape index (κ1) is 26.6. The molecular weight excluding hydrogens is 464 g/mol. The van der Waals surface area contributed by atoms with Crippen LogP contribution in [0, 0.1) is 11.8 Å². The molecule has 0 bridgehead atoms. The lowest BCUT2D eigenvalue weighted by molar-refractivity contribution is -0.145. The van der Waals surface area contributed by atoms with Gasteiger partial charge in [0.2, 0.25) is 0 Å². The monoisotopic (exact) mass is 500 g/mol. The number of hydrogen-bond acceptors (Lipinski definition) is 5. The van der Waals surface area contributed by atoms with Crippen molar-refractivity contribution >= 4 is 11.9 Å². The maximum absolute atomic E-state index is 11.4. The lowest BCUT2D eigenvalue weighted by Gasteiger charge is -2.00. The van der Waals surface area contributed by atoms with Crippen molar-refractivity contribution in [2.45, 2.75) is 44.6 Å². The first-order chi connectivity index (χ1) is 18.1. The molecular formula is C32H36O5. The topological polar surface area (TPSA) is 65.1 Å². The summed E-state index contributed by atoms with van der Waals surface area (Å²) >= 11 is 0. The minimum absolute atomic E-state index is 0.0404. The molecule has 5 nitrogen and oxygen atoms in total. The van der Waals surface area contributed by atoms with Gasteiger partial charge in [-0.3, -0.25) is 9.59 Å². The maximum atomic E-state index is 11.4. The molecule has 1 aliphatic heterocycles. The van der Waals surface area contributed by atoms with Crippen LogP contribution in [-0.4, -0.2) is 31.8 Å². The summed E-state index contributed by atoms with van der Waals surface area (Å²) in [6.07, 6.45) is 2.30. The summed E-state index contributed by atoms with van der Waals surface area (Å²) in [6, 6.07) is 30.6. The third-order valence-corrected chi connectivity index (χ3v) is 6.72. The van der Waals surface area contributed by atoms with Crippen LogP contribution < -0.4 is 0 Å². The summed E-state index contributed by atoms with van der Waals surface area (Å²) in [7, 11) is 0. The van der Waals surface area contributed by atoms with E-state index < -0.39 is 0 Å². The summed E-state index contributed by atoms with van der Waals surface area (Å²) in [4.78, 5) is 22.7. The van der Waals surface area contributed by atoms with Gasteiger partial charge in [-0.1, -0.05) is 91.0 Å². The predicted octanol–water partition coefficient (Wildman–Crippen LogP) is 6.46. The number of esters is 2. The molecule has 0 N–H and O–H groups in total. The molecule has 37 heavy (non-hydrogen) atoms. The first-order valence-electron chi connectivity index (χ1n) is 13.2. The van der Waals surface area contributed by atoms with Gasteiger partial charge in [0, 0.05) is 0 Å². The minimum Gasteiger partial charge on any atom is -0.466 e. The lowest BCUT2D eigenvalue weighted by Crippen LogP contribution is -2.07. The summed E-state index contributed by atoms with van der Waals surface area (Å²) < 4.78 is 15.1. The Morgan fingerprint density at radius 3 is 1.32 bits per heavy atom. The van der Waals surface area contributed by atoms with Crippen LogP contribution in [0.25, 0.3) is 0 Å². The van der Waals surface area contributed by atoms with Crippen molar-refractivity contribution < 1.29 is 23.8 Å². The molecule has 3 aromatic carbocycles. The Balaban J connectivity index is 0.000000133. The highest BCUT2D eigenvalue weighted by molar-refractivity contribution is 5.77. The highest BCUT2D eigenvalue weighted by Crippen LogP contribution is 2.48. The van der Waals surface area contributed by atoms with Crippen molar-refractivity contribution in [1.29, 1.82) is 0 Å². The van der Waals surface area contributed by atoms with Gasteiger partial charge in [0.1, 0.15) is 6.10 Å². The first-order valence-corrected chi connectivity index (χ1v) is 13.2. The van der Waals surface area contributed by atoms with Gasteiger partial charge in [0.15, 0.2) is 0 Å². The fourth-order valence-electron chi connectivity index (χ4n) is 4.46. The average molecular weight is 501 g/mol. The SMILES string of the molecule is CCOC(=O)[C@@H]1C[C@@H]1c1ccccc1.CCOC(=O)[C@H]1C[C@@H]1c1ccccc1.c1ccc(C2CO2)cc1. The molecule has 194 valence electrons. The highest BCUT2D eigenvalue weighted by atomic mass is 16.6. The van der Waals surface area contributed by atoms with Crippen LogP contribution in [0.3, 0.4) is 0 Å². The van der Waals surface area contributed by atoms with Gasteiger partial charge in [-0.05, 0) is 55.2 Å². The number of ether oxygens (including phenoxy) is 3. The molecule has 3 fully saturated rings. The lowest BCUT2D eigenvalue weighted by atomic mass is 10.1. The van der Waals surface area contributed by atoms with E-state index in [1.165, 1.54) is 16.7 Å². The fourth-order valence-corrected chi connectivity index (χ4v) is 4.46. The largest absolute Gasteiger partial charge is 0.466 e. The van der Waals surface area contributed by atoms with E-state index in [2.05, 4.69) is 36.4 Å². The van der Waals surface area contributed by atoms with Crippen LogP contribution in [0.2, 0.25) is 0 Å². The van der Waals surface area contributed by atoms with E-state index in [1.807, 2.05) is 68.4 Å². The molecule has 0 amide bonds. The smallest absolute Gasteiger partial charge is 0.309 e. The fraction of sp³-hybridized carbons (Fsp3) is 0.375. The van der Waals surface area contributed by atoms with Gasteiger partial charge in [-0.25, -0.2) is 0 Å². The van der Waals surface area contributed by atoms with Crippen molar-refractivity contribution in [2.24, 2.45) is 11.8 Å². The molecule has 2 aliphatic carbocycles. The second-order valence-corrected chi connectivity index (χ2v) is 9.46. The van der Waals surface area contributed by atoms with Crippen molar-refractivity contribution in [3.05, 3.63) is 108 Å². The molecule has 6 rings (SSSR count). The molecule has 1 unspecified atom stereocenters. The highest BCUT2D eigenvalue weighted by Gasteiger charge is 2.45. The van der Waals surface area contributed by atoms with Crippen LogP contribution in [-0.2, 0) is 23.8 Å². The average Bonchev–Trinajstić information content (AvgIpc) is 3.80. The van der Waals surface area contributed by atoms with Crippen LogP contribution in [0.1, 0.15) is 61.3 Å². The van der Waals surface area contributed by atoms with E-state index in [0.717, 1.165) is 19.4 Å². The number of hydrogen-bond donors (Lipinski definition) is 0. The Morgan fingerprint density at radius 2 is 1.00 bits per heavy atom. The van der Waals surface area contributed by atoms with Crippen molar-refractivity contribution in [1.82, 2.24) is 0 Å². The van der Waals surface area contributed by atoms with Crippen LogP contribution >= 0.6 is 0 Å². The van der Waals surface area contributed by atoms with Gasteiger partial charge in [0.05, 0.1) is 31.7 Å². The maximum Gasteiger partial charge on any atom is 0.309 e. The number of benzene rings is 3. The quantitative estimate of drug-likeness (QED) is 0.275. The van der Waals surface area contributed by atoms with E-state index in [-0.39, 0.29) is 23.8 Å². The Kier molecular flexibility index (Phi) is 9.50. The van der Waals surface area contributed by atoms with Gasteiger partial charge in [-0.2, -0.15) is 0 Å². The van der Waals surface area contributed by atoms with Crippen LogP contribution in [0.15, 0.2) is 91.0 Å². The summed E-state index contributed by atoms with van der Waals surface area (Å²) in [6.45, 7) is 5.56. The zero-order chi connectivity index (χ0) is 26.0.